The fraction of sp³-hybridized carbons (Fsp3) is 0.533. The molecular formula is C15H24N2OS. The Hall–Kier alpha value is -1.16. The molecule has 1 amide bonds. The smallest absolute Gasteiger partial charge is 0.237 e. The van der Waals surface area contributed by atoms with Crippen LogP contribution < -0.4 is 11.1 Å². The number of anilines is 2. The normalized spacial score (nSPS) is 12.2. The molecule has 1 unspecified atom stereocenters. The van der Waals surface area contributed by atoms with Crippen LogP contribution in [0.4, 0.5) is 11.4 Å². The molecule has 0 bridgehead atoms. The lowest BCUT2D eigenvalue weighted by Crippen LogP contribution is -2.23. The Morgan fingerprint density at radius 2 is 2.16 bits per heavy atom. The van der Waals surface area contributed by atoms with E-state index in [2.05, 4.69) is 12.2 Å². The van der Waals surface area contributed by atoms with E-state index in [0.717, 1.165) is 17.0 Å². The first-order chi connectivity index (χ1) is 9.04. The lowest BCUT2D eigenvalue weighted by atomic mass is 10.2. The molecule has 0 radical (unpaired) electrons. The number of hydrogen-bond donors (Lipinski definition) is 2. The van der Waals surface area contributed by atoms with Crippen LogP contribution in [0.25, 0.3) is 0 Å². The van der Waals surface area contributed by atoms with E-state index in [1.54, 1.807) is 11.8 Å². The third-order valence-corrected chi connectivity index (χ3v) is 4.24. The van der Waals surface area contributed by atoms with Crippen molar-refractivity contribution in [2.45, 2.75) is 45.3 Å². The zero-order valence-corrected chi connectivity index (χ0v) is 12.8. The van der Waals surface area contributed by atoms with Gasteiger partial charge in [0.1, 0.15) is 0 Å². The van der Waals surface area contributed by atoms with Gasteiger partial charge >= 0.3 is 0 Å². The van der Waals surface area contributed by atoms with Crippen LogP contribution in [0.1, 0.15) is 38.7 Å². The minimum absolute atomic E-state index is 0.0299. The van der Waals surface area contributed by atoms with E-state index in [-0.39, 0.29) is 11.2 Å². The Morgan fingerprint density at radius 1 is 1.42 bits per heavy atom. The maximum Gasteiger partial charge on any atom is 0.237 e. The maximum atomic E-state index is 12.1. The van der Waals surface area contributed by atoms with E-state index in [1.807, 2.05) is 32.0 Å². The van der Waals surface area contributed by atoms with Gasteiger partial charge in [-0.3, -0.25) is 4.79 Å². The fourth-order valence-corrected chi connectivity index (χ4v) is 2.63. The van der Waals surface area contributed by atoms with Crippen molar-refractivity contribution < 1.29 is 4.79 Å². The summed E-state index contributed by atoms with van der Waals surface area (Å²) in [7, 11) is 0. The van der Waals surface area contributed by atoms with Crippen molar-refractivity contribution in [1.82, 2.24) is 0 Å². The van der Waals surface area contributed by atoms with E-state index >= 15 is 0 Å². The van der Waals surface area contributed by atoms with Crippen molar-refractivity contribution in [3.8, 4) is 0 Å². The average Bonchev–Trinajstić information content (AvgIpc) is 2.38. The summed E-state index contributed by atoms with van der Waals surface area (Å²) in [6.07, 6.45) is 3.62. The minimum atomic E-state index is -0.0299. The molecule has 0 saturated heterocycles. The van der Waals surface area contributed by atoms with Gasteiger partial charge in [0.25, 0.3) is 0 Å². The molecule has 0 aromatic heterocycles. The second-order valence-electron chi connectivity index (χ2n) is 4.78. The summed E-state index contributed by atoms with van der Waals surface area (Å²) in [5, 5.41) is 2.92. The molecule has 19 heavy (non-hydrogen) atoms. The van der Waals surface area contributed by atoms with Crippen LogP contribution in [0.2, 0.25) is 0 Å². The molecule has 0 aliphatic carbocycles. The van der Waals surface area contributed by atoms with Crippen LogP contribution in [-0.2, 0) is 4.79 Å². The summed E-state index contributed by atoms with van der Waals surface area (Å²) in [5.41, 5.74) is 8.25. The number of hydrogen-bond acceptors (Lipinski definition) is 3. The van der Waals surface area contributed by atoms with Crippen LogP contribution in [0.3, 0.4) is 0 Å². The summed E-state index contributed by atoms with van der Waals surface area (Å²) in [5.74, 6) is 1.09. The molecule has 4 heteroatoms. The summed E-state index contributed by atoms with van der Waals surface area (Å²) in [6, 6.07) is 5.57. The maximum absolute atomic E-state index is 12.1. The Kier molecular flexibility index (Phi) is 6.78. The molecule has 0 aliphatic rings. The van der Waals surface area contributed by atoms with Gasteiger partial charge in [0.2, 0.25) is 5.91 Å². The van der Waals surface area contributed by atoms with Crippen LogP contribution in [0, 0.1) is 6.92 Å². The van der Waals surface area contributed by atoms with Crippen molar-refractivity contribution in [2.24, 2.45) is 0 Å². The number of nitrogen functional groups attached to an aromatic ring is 1. The quantitative estimate of drug-likeness (QED) is 0.589. The first kappa shape index (κ1) is 15.9. The minimum Gasteiger partial charge on any atom is -0.399 e. The van der Waals surface area contributed by atoms with Crippen molar-refractivity contribution in [1.29, 1.82) is 0 Å². The van der Waals surface area contributed by atoms with Crippen molar-refractivity contribution >= 4 is 29.0 Å². The highest BCUT2D eigenvalue weighted by atomic mass is 32.2. The average molecular weight is 280 g/mol. The van der Waals surface area contributed by atoms with Gasteiger partial charge in [-0.2, -0.15) is 0 Å². The molecule has 0 fully saturated rings. The molecule has 0 saturated carbocycles. The number of unbranched alkanes of at least 4 members (excludes halogenated alkanes) is 2. The van der Waals surface area contributed by atoms with E-state index in [9.17, 15) is 4.79 Å². The Morgan fingerprint density at radius 3 is 2.84 bits per heavy atom. The zero-order valence-electron chi connectivity index (χ0n) is 12.0. The third-order valence-electron chi connectivity index (χ3n) is 3.00. The molecule has 1 aromatic carbocycles. The summed E-state index contributed by atoms with van der Waals surface area (Å²) in [4.78, 5) is 12.1. The van der Waals surface area contributed by atoms with Crippen LogP contribution in [0.5, 0.6) is 0 Å². The predicted molar refractivity (Wildman–Crippen MR) is 85.7 cm³/mol. The number of nitrogens with one attached hydrogen (secondary N) is 1. The molecule has 1 atom stereocenters. The lowest BCUT2D eigenvalue weighted by molar-refractivity contribution is -0.115. The van der Waals surface area contributed by atoms with E-state index in [4.69, 9.17) is 5.73 Å². The van der Waals surface area contributed by atoms with Gasteiger partial charge in [-0.15, -0.1) is 11.8 Å². The second kappa shape index (κ2) is 8.10. The molecule has 3 N–H and O–H groups in total. The Labute approximate surface area is 120 Å². The standard InChI is InChI=1S/C15H24N2OS/c1-4-5-6-9-19-12(3)15(18)17-14-10-13(16)8-7-11(14)2/h7-8,10,12H,4-6,9,16H2,1-3H3,(H,17,18). The first-order valence-corrected chi connectivity index (χ1v) is 7.88. The van der Waals surface area contributed by atoms with Crippen molar-refractivity contribution in [2.75, 3.05) is 16.8 Å². The monoisotopic (exact) mass is 280 g/mol. The predicted octanol–water partition coefficient (Wildman–Crippen LogP) is 3.83. The highest BCUT2D eigenvalue weighted by Crippen LogP contribution is 2.20. The van der Waals surface area contributed by atoms with Crippen molar-refractivity contribution in [3.63, 3.8) is 0 Å². The fourth-order valence-electron chi connectivity index (χ4n) is 1.70. The van der Waals surface area contributed by atoms with Gasteiger partial charge in [-0.25, -0.2) is 0 Å². The largest absolute Gasteiger partial charge is 0.399 e. The number of carbonyl (C=O) groups is 1. The lowest BCUT2D eigenvalue weighted by Gasteiger charge is -2.14. The van der Waals surface area contributed by atoms with Gasteiger partial charge in [0.15, 0.2) is 0 Å². The number of carbonyl (C=O) groups excluding carboxylic acids is 1. The highest BCUT2D eigenvalue weighted by molar-refractivity contribution is 8.00. The van der Waals surface area contributed by atoms with Crippen LogP contribution in [-0.4, -0.2) is 16.9 Å². The second-order valence-corrected chi connectivity index (χ2v) is 6.23. The van der Waals surface area contributed by atoms with E-state index in [1.165, 1.54) is 19.3 Å². The molecule has 106 valence electrons. The van der Waals surface area contributed by atoms with Crippen molar-refractivity contribution in [3.05, 3.63) is 23.8 Å². The number of thioether (sulfide) groups is 1. The van der Waals surface area contributed by atoms with Crippen LogP contribution >= 0.6 is 11.8 Å². The van der Waals surface area contributed by atoms with E-state index in [0.29, 0.717) is 5.69 Å². The Bertz CT molecular complexity index is 421. The highest BCUT2D eigenvalue weighted by Gasteiger charge is 2.14. The summed E-state index contributed by atoms with van der Waals surface area (Å²) < 4.78 is 0. The van der Waals surface area contributed by atoms with E-state index < -0.39 is 0 Å². The SMILES string of the molecule is CCCCCSC(C)C(=O)Nc1cc(N)ccc1C. The molecule has 0 aliphatic heterocycles. The molecule has 0 spiro atoms. The molecular weight excluding hydrogens is 256 g/mol. The first-order valence-electron chi connectivity index (χ1n) is 6.83. The molecule has 1 rings (SSSR count). The number of nitrogens with two attached hydrogens (primary N) is 1. The number of rotatable bonds is 7. The van der Waals surface area contributed by atoms with Gasteiger partial charge in [0.05, 0.1) is 5.25 Å². The Balaban J connectivity index is 2.47. The topological polar surface area (TPSA) is 55.1 Å². The van der Waals surface area contributed by atoms with Gasteiger partial charge in [-0.1, -0.05) is 25.8 Å². The van der Waals surface area contributed by atoms with Gasteiger partial charge < -0.3 is 11.1 Å². The van der Waals surface area contributed by atoms with Gasteiger partial charge in [0, 0.05) is 11.4 Å². The molecule has 1 aromatic rings. The molecule has 3 nitrogen and oxygen atoms in total. The number of amides is 1. The third kappa shape index (κ3) is 5.55. The van der Waals surface area contributed by atoms with Crippen LogP contribution in [0.15, 0.2) is 18.2 Å². The zero-order chi connectivity index (χ0) is 14.3. The number of benzene rings is 1. The summed E-state index contributed by atoms with van der Waals surface area (Å²) >= 11 is 1.71. The molecule has 0 heterocycles. The number of aryl methyl sites for hydroxylation is 1. The summed E-state index contributed by atoms with van der Waals surface area (Å²) in [6.45, 7) is 6.10. The van der Waals surface area contributed by atoms with Gasteiger partial charge in [-0.05, 0) is 43.7 Å².